The predicted molar refractivity (Wildman–Crippen MR) is 156 cm³/mol. The summed E-state index contributed by atoms with van der Waals surface area (Å²) < 4.78 is 28.0. The fourth-order valence-corrected chi connectivity index (χ4v) is 6.09. The van der Waals surface area contributed by atoms with Crippen molar-refractivity contribution >= 4 is 7.82 Å². The van der Waals surface area contributed by atoms with Gasteiger partial charge in [-0.2, -0.15) is 0 Å². The average molecular weight is 555 g/mol. The molecule has 0 bridgehead atoms. The smallest absolute Gasteiger partial charge is 0.469 e. The van der Waals surface area contributed by atoms with E-state index in [-0.39, 0.29) is 18.8 Å². The van der Waals surface area contributed by atoms with Crippen molar-refractivity contribution in [1.29, 1.82) is 0 Å². The highest BCUT2D eigenvalue weighted by Gasteiger charge is 2.34. The minimum Gasteiger partial charge on any atom is -0.491 e. The summed E-state index contributed by atoms with van der Waals surface area (Å²) in [5, 5.41) is 0. The van der Waals surface area contributed by atoms with Crippen LogP contribution in [0.5, 0.6) is 11.5 Å². The molecule has 0 fully saturated rings. The Morgan fingerprint density at radius 2 is 1.45 bits per heavy atom. The first kappa shape index (κ1) is 33.1. The van der Waals surface area contributed by atoms with Crippen LogP contribution in [0.2, 0.25) is 0 Å². The van der Waals surface area contributed by atoms with Gasteiger partial charge in [-0.1, -0.05) is 72.6 Å². The van der Waals surface area contributed by atoms with Crippen LogP contribution in [0.1, 0.15) is 121 Å². The van der Waals surface area contributed by atoms with E-state index in [9.17, 15) is 4.57 Å². The summed E-state index contributed by atoms with van der Waals surface area (Å²) in [4.78, 5) is 17.8. The minimum atomic E-state index is -4.49. The molecule has 7 heteroatoms. The topological polar surface area (TPSA) is 85.2 Å². The Hall–Kier alpha value is -1.07. The lowest BCUT2D eigenvalue weighted by molar-refractivity contribution is 0.0511. The van der Waals surface area contributed by atoms with Crippen LogP contribution in [-0.2, 0) is 15.5 Å². The van der Waals surface area contributed by atoms with Crippen LogP contribution >= 0.6 is 7.82 Å². The second kappa shape index (κ2) is 15.1. The van der Waals surface area contributed by atoms with Gasteiger partial charge in [0.2, 0.25) is 0 Å². The van der Waals surface area contributed by atoms with E-state index in [1.54, 1.807) is 0 Å². The Morgan fingerprint density at radius 3 is 2.03 bits per heavy atom. The maximum atomic E-state index is 10.9. The first-order valence-electron chi connectivity index (χ1n) is 14.9. The van der Waals surface area contributed by atoms with E-state index in [0.717, 1.165) is 65.2 Å². The molecular weight excluding hydrogens is 499 g/mol. The number of fused-ring (bicyclic) bond motifs is 1. The van der Waals surface area contributed by atoms with Gasteiger partial charge >= 0.3 is 7.82 Å². The third kappa shape index (κ3) is 10.8. The number of benzene rings is 1. The number of hydrogen-bond acceptors (Lipinski definition) is 4. The predicted octanol–water partition coefficient (Wildman–Crippen LogP) is 8.62. The number of phosphoric ester groups is 1. The molecule has 1 aromatic carbocycles. The van der Waals surface area contributed by atoms with Gasteiger partial charge in [-0.05, 0) is 87.8 Å². The standard InChI is InChI=1S/C31H55O6P/c1-22(2)12-9-13-23(3)14-10-15-24(4)16-11-18-31(8)19-17-28-27(7)29(25(5)26(6)30(28)37-31)35-20-21-36-38(32,33)34/h22-24H,9-21H2,1-8H3,(H2,32,33,34)/t23-,24-,31-/m1/s1. The Morgan fingerprint density at radius 1 is 0.868 bits per heavy atom. The molecule has 0 aromatic heterocycles. The molecule has 6 nitrogen and oxygen atoms in total. The quantitative estimate of drug-likeness (QED) is 0.148. The second-order valence-corrected chi connectivity index (χ2v) is 13.8. The van der Waals surface area contributed by atoms with E-state index >= 15 is 0 Å². The van der Waals surface area contributed by atoms with Crippen LogP contribution in [0.25, 0.3) is 0 Å². The third-order valence-electron chi connectivity index (χ3n) is 8.43. The van der Waals surface area contributed by atoms with Gasteiger partial charge in [-0.15, -0.1) is 0 Å². The molecule has 0 unspecified atom stereocenters. The maximum Gasteiger partial charge on any atom is 0.469 e. The van der Waals surface area contributed by atoms with Gasteiger partial charge in [0.25, 0.3) is 0 Å². The van der Waals surface area contributed by atoms with Crippen molar-refractivity contribution in [2.75, 3.05) is 13.2 Å². The van der Waals surface area contributed by atoms with Crippen molar-refractivity contribution in [3.63, 3.8) is 0 Å². The zero-order valence-corrected chi connectivity index (χ0v) is 26.3. The van der Waals surface area contributed by atoms with Crippen LogP contribution in [-0.4, -0.2) is 28.6 Å². The van der Waals surface area contributed by atoms with Gasteiger partial charge < -0.3 is 19.3 Å². The first-order chi connectivity index (χ1) is 17.7. The summed E-state index contributed by atoms with van der Waals surface area (Å²) >= 11 is 0. The summed E-state index contributed by atoms with van der Waals surface area (Å²) in [6.45, 7) is 17.8. The van der Waals surface area contributed by atoms with Crippen LogP contribution in [0.3, 0.4) is 0 Å². The van der Waals surface area contributed by atoms with Gasteiger partial charge in [0, 0.05) is 5.56 Å². The van der Waals surface area contributed by atoms with E-state index in [1.807, 2.05) is 13.8 Å². The monoisotopic (exact) mass is 554 g/mol. The molecule has 38 heavy (non-hydrogen) atoms. The van der Waals surface area contributed by atoms with Crippen molar-refractivity contribution in [2.24, 2.45) is 17.8 Å². The molecule has 0 amide bonds. The first-order valence-corrected chi connectivity index (χ1v) is 16.4. The van der Waals surface area contributed by atoms with E-state index < -0.39 is 7.82 Å². The fourth-order valence-electron chi connectivity index (χ4n) is 5.78. The minimum absolute atomic E-state index is 0.0822. The SMILES string of the molecule is Cc1c(C)c2c(c(C)c1OCCOP(=O)(O)O)CC[C@@](C)(CCC[C@H](C)CCC[C@H](C)CCCC(C)C)O2. The fraction of sp³-hybridized carbons (Fsp3) is 0.806. The van der Waals surface area contributed by atoms with Gasteiger partial charge in [0.1, 0.15) is 23.7 Å². The van der Waals surface area contributed by atoms with Crippen LogP contribution in [0.4, 0.5) is 0 Å². The third-order valence-corrected chi connectivity index (χ3v) is 8.95. The molecule has 0 saturated carbocycles. The molecule has 3 atom stereocenters. The summed E-state index contributed by atoms with van der Waals surface area (Å²) in [5.74, 6) is 4.20. The van der Waals surface area contributed by atoms with E-state index in [4.69, 9.17) is 19.3 Å². The Kier molecular flexibility index (Phi) is 13.1. The van der Waals surface area contributed by atoms with Gasteiger partial charge in [0.15, 0.2) is 0 Å². The maximum absolute atomic E-state index is 10.9. The Bertz CT molecular complexity index is 924. The molecule has 0 spiro atoms. The van der Waals surface area contributed by atoms with Gasteiger partial charge in [-0.25, -0.2) is 4.57 Å². The Balaban J connectivity index is 1.83. The number of hydrogen-bond donors (Lipinski definition) is 2. The van der Waals surface area contributed by atoms with Crippen molar-refractivity contribution in [3.05, 3.63) is 22.3 Å². The molecule has 1 aliphatic heterocycles. The highest BCUT2D eigenvalue weighted by atomic mass is 31.2. The molecule has 0 saturated heterocycles. The molecular formula is C31H55O6P. The summed E-state index contributed by atoms with van der Waals surface area (Å²) in [6, 6.07) is 0. The molecule has 1 aliphatic rings. The van der Waals surface area contributed by atoms with Crippen LogP contribution in [0.15, 0.2) is 0 Å². The van der Waals surface area contributed by atoms with Crippen LogP contribution < -0.4 is 9.47 Å². The summed E-state index contributed by atoms with van der Waals surface area (Å²) in [5.41, 5.74) is 4.17. The van der Waals surface area contributed by atoms with Crippen molar-refractivity contribution in [2.45, 2.75) is 132 Å². The zero-order chi connectivity index (χ0) is 28.5. The molecule has 1 heterocycles. The largest absolute Gasteiger partial charge is 0.491 e. The average Bonchev–Trinajstić information content (AvgIpc) is 2.81. The van der Waals surface area contributed by atoms with Crippen molar-refractivity contribution < 1.29 is 28.3 Å². The molecule has 0 radical (unpaired) electrons. The van der Waals surface area contributed by atoms with Gasteiger partial charge in [0.05, 0.1) is 6.61 Å². The highest BCUT2D eigenvalue weighted by Crippen LogP contribution is 2.45. The van der Waals surface area contributed by atoms with E-state index in [1.165, 1.54) is 56.9 Å². The van der Waals surface area contributed by atoms with E-state index in [2.05, 4.69) is 46.1 Å². The number of rotatable bonds is 17. The van der Waals surface area contributed by atoms with Crippen molar-refractivity contribution in [3.8, 4) is 11.5 Å². The number of ether oxygens (including phenoxy) is 2. The summed E-state index contributed by atoms with van der Waals surface area (Å²) in [6.07, 6.45) is 13.6. The van der Waals surface area contributed by atoms with E-state index in [0.29, 0.717) is 0 Å². The Labute approximate surface area is 232 Å². The molecule has 1 aromatic rings. The van der Waals surface area contributed by atoms with Crippen LogP contribution in [0, 0.1) is 38.5 Å². The zero-order valence-electron chi connectivity index (χ0n) is 25.4. The van der Waals surface area contributed by atoms with Gasteiger partial charge in [-0.3, -0.25) is 4.52 Å². The lowest BCUT2D eigenvalue weighted by Gasteiger charge is -2.38. The summed E-state index contributed by atoms with van der Waals surface area (Å²) in [7, 11) is -4.49. The molecule has 220 valence electrons. The lowest BCUT2D eigenvalue weighted by atomic mass is 9.83. The molecule has 2 rings (SSSR count). The van der Waals surface area contributed by atoms with Crippen molar-refractivity contribution in [1.82, 2.24) is 0 Å². The normalized spacial score (nSPS) is 19.2. The molecule has 2 N–H and O–H groups in total. The lowest BCUT2D eigenvalue weighted by Crippen LogP contribution is -2.37. The highest BCUT2D eigenvalue weighted by molar-refractivity contribution is 7.46. The number of phosphoric acid groups is 1. The second-order valence-electron chi connectivity index (χ2n) is 12.6. The molecule has 0 aliphatic carbocycles.